The minimum Gasteiger partial charge on any atom is -0.312 e. The van der Waals surface area contributed by atoms with E-state index in [2.05, 4.69) is 29.4 Å². The summed E-state index contributed by atoms with van der Waals surface area (Å²) in [4.78, 5) is 0.639. The lowest BCUT2D eigenvalue weighted by atomic mass is 10.2. The third-order valence-electron chi connectivity index (χ3n) is 2.61. The van der Waals surface area contributed by atoms with E-state index in [9.17, 15) is 4.39 Å². The summed E-state index contributed by atoms with van der Waals surface area (Å²) in [6, 6.07) is 5.19. The lowest BCUT2D eigenvalue weighted by molar-refractivity contribution is 0.543. The zero-order valence-corrected chi connectivity index (χ0v) is 13.4. The molecular weight excluding hydrogens is 293 g/mol. The number of aromatic nitrogens is 2. The van der Waals surface area contributed by atoms with Crippen LogP contribution in [0.1, 0.15) is 24.4 Å². The molecule has 1 N–H and O–H groups in total. The number of hydrogen-bond acceptors (Lipinski definition) is 5. The van der Waals surface area contributed by atoms with Gasteiger partial charge in [0, 0.05) is 6.54 Å². The first kappa shape index (κ1) is 15.4. The molecule has 2 aromatic rings. The van der Waals surface area contributed by atoms with Gasteiger partial charge in [0.2, 0.25) is 0 Å². The van der Waals surface area contributed by atoms with E-state index in [0.717, 1.165) is 21.5 Å². The summed E-state index contributed by atoms with van der Waals surface area (Å²) < 4.78 is 14.8. The summed E-state index contributed by atoms with van der Waals surface area (Å²) in [5.74, 6) is 0.372. The van der Waals surface area contributed by atoms with Crippen molar-refractivity contribution in [1.29, 1.82) is 0 Å². The maximum absolute atomic E-state index is 14.0. The molecule has 0 saturated carbocycles. The van der Waals surface area contributed by atoms with Crippen LogP contribution in [0.4, 0.5) is 4.39 Å². The fraction of sp³-hybridized carbons (Fsp3) is 0.429. The topological polar surface area (TPSA) is 37.8 Å². The minimum atomic E-state index is -0.202. The lowest BCUT2D eigenvalue weighted by Gasteiger charge is -2.11. The molecule has 1 aromatic heterocycles. The van der Waals surface area contributed by atoms with Gasteiger partial charge in [-0.15, -0.1) is 10.2 Å². The van der Waals surface area contributed by atoms with E-state index >= 15 is 0 Å². The maximum Gasteiger partial charge on any atom is 0.179 e. The second-order valence-electron chi connectivity index (χ2n) is 4.94. The molecule has 0 aliphatic heterocycles. The number of nitrogens with zero attached hydrogens (tertiary/aromatic N) is 2. The van der Waals surface area contributed by atoms with Crippen molar-refractivity contribution in [2.75, 3.05) is 6.54 Å². The van der Waals surface area contributed by atoms with E-state index in [1.807, 2.05) is 13.0 Å². The number of halogens is 1. The summed E-state index contributed by atoms with van der Waals surface area (Å²) in [5.41, 5.74) is 0.962. The Morgan fingerprint density at radius 3 is 2.80 bits per heavy atom. The van der Waals surface area contributed by atoms with Crippen LogP contribution in [0.5, 0.6) is 0 Å². The van der Waals surface area contributed by atoms with E-state index in [1.165, 1.54) is 29.2 Å². The van der Waals surface area contributed by atoms with Crippen molar-refractivity contribution >= 4 is 23.1 Å². The monoisotopic (exact) mass is 311 g/mol. The van der Waals surface area contributed by atoms with Crippen LogP contribution in [-0.4, -0.2) is 16.7 Å². The minimum absolute atomic E-state index is 0.202. The molecule has 0 saturated heterocycles. The first-order valence-electron chi connectivity index (χ1n) is 6.52. The summed E-state index contributed by atoms with van der Waals surface area (Å²) in [6.45, 7) is 7.78. The van der Waals surface area contributed by atoms with Gasteiger partial charge in [-0.2, -0.15) is 0 Å². The van der Waals surface area contributed by atoms with E-state index in [4.69, 9.17) is 0 Å². The predicted molar refractivity (Wildman–Crippen MR) is 81.7 cm³/mol. The second-order valence-corrected chi connectivity index (χ2v) is 7.38. The smallest absolute Gasteiger partial charge is 0.179 e. The molecule has 0 bridgehead atoms. The summed E-state index contributed by atoms with van der Waals surface area (Å²) in [5, 5.41) is 12.3. The fourth-order valence-corrected chi connectivity index (χ4v) is 3.60. The average Bonchev–Trinajstić information content (AvgIpc) is 2.78. The Kier molecular flexibility index (Phi) is 5.51. The van der Waals surface area contributed by atoms with Crippen molar-refractivity contribution in [3.8, 4) is 0 Å². The van der Waals surface area contributed by atoms with Gasteiger partial charge in [-0.25, -0.2) is 4.39 Å². The number of rotatable bonds is 6. The quantitative estimate of drug-likeness (QED) is 0.878. The largest absolute Gasteiger partial charge is 0.312 e. The predicted octanol–water partition coefficient (Wildman–Crippen LogP) is 3.88. The Balaban J connectivity index is 2.13. The third kappa shape index (κ3) is 4.26. The van der Waals surface area contributed by atoms with Crippen LogP contribution >= 0.6 is 23.1 Å². The number of benzene rings is 1. The van der Waals surface area contributed by atoms with Crippen LogP contribution < -0.4 is 5.32 Å². The molecule has 1 aromatic carbocycles. The third-order valence-corrected chi connectivity index (χ3v) is 4.66. The van der Waals surface area contributed by atoms with Crippen molar-refractivity contribution < 1.29 is 4.39 Å². The zero-order valence-electron chi connectivity index (χ0n) is 11.8. The van der Waals surface area contributed by atoms with Gasteiger partial charge in [0.1, 0.15) is 10.8 Å². The molecule has 108 valence electrons. The number of aryl methyl sites for hydroxylation is 1. The Hall–Kier alpha value is -0.980. The second kappa shape index (κ2) is 7.15. The highest BCUT2D eigenvalue weighted by atomic mass is 32.2. The number of nitrogens with one attached hydrogen (secondary N) is 1. The highest BCUT2D eigenvalue weighted by Gasteiger charge is 2.12. The first-order chi connectivity index (χ1) is 9.56. The van der Waals surface area contributed by atoms with E-state index in [0.29, 0.717) is 17.4 Å². The molecule has 0 atom stereocenters. The standard InChI is InChI=1S/C14H18FN3S2/c1-9(2)7-16-8-11-5-4-6-12(15)13(11)20-14-18-17-10(3)19-14/h4-6,9,16H,7-8H2,1-3H3. The van der Waals surface area contributed by atoms with Gasteiger partial charge in [-0.1, -0.05) is 49.1 Å². The summed E-state index contributed by atoms with van der Waals surface area (Å²) >= 11 is 2.83. The summed E-state index contributed by atoms with van der Waals surface area (Å²) in [6.07, 6.45) is 0. The van der Waals surface area contributed by atoms with Crippen LogP contribution in [-0.2, 0) is 6.54 Å². The maximum atomic E-state index is 14.0. The van der Waals surface area contributed by atoms with Crippen molar-refractivity contribution in [2.24, 2.45) is 5.92 Å². The zero-order chi connectivity index (χ0) is 14.5. The van der Waals surface area contributed by atoms with Crippen LogP contribution in [0.25, 0.3) is 0 Å². The average molecular weight is 311 g/mol. The van der Waals surface area contributed by atoms with E-state index in [1.54, 1.807) is 6.07 Å². The van der Waals surface area contributed by atoms with Gasteiger partial charge in [-0.3, -0.25) is 0 Å². The van der Waals surface area contributed by atoms with Crippen molar-refractivity contribution in [3.05, 3.63) is 34.6 Å². The lowest BCUT2D eigenvalue weighted by Crippen LogP contribution is -2.19. The molecule has 0 amide bonds. The molecule has 0 aliphatic rings. The molecule has 20 heavy (non-hydrogen) atoms. The molecule has 3 nitrogen and oxygen atoms in total. The van der Waals surface area contributed by atoms with Crippen LogP contribution in [0.2, 0.25) is 0 Å². The molecule has 2 rings (SSSR count). The van der Waals surface area contributed by atoms with Gasteiger partial charge in [-0.05, 0) is 31.0 Å². The fourth-order valence-electron chi connectivity index (χ4n) is 1.71. The van der Waals surface area contributed by atoms with Gasteiger partial charge < -0.3 is 5.32 Å². The Morgan fingerprint density at radius 2 is 2.15 bits per heavy atom. The van der Waals surface area contributed by atoms with Gasteiger partial charge in [0.05, 0.1) is 4.90 Å². The molecular formula is C14H18FN3S2. The van der Waals surface area contributed by atoms with Gasteiger partial charge in [0.15, 0.2) is 4.34 Å². The molecule has 6 heteroatoms. The van der Waals surface area contributed by atoms with E-state index in [-0.39, 0.29) is 5.82 Å². The molecule has 0 radical (unpaired) electrons. The highest BCUT2D eigenvalue weighted by molar-refractivity contribution is 8.01. The van der Waals surface area contributed by atoms with Crippen molar-refractivity contribution in [3.63, 3.8) is 0 Å². The SMILES string of the molecule is Cc1nnc(Sc2c(F)cccc2CNCC(C)C)s1. The van der Waals surface area contributed by atoms with E-state index < -0.39 is 0 Å². The number of hydrogen-bond donors (Lipinski definition) is 1. The molecule has 0 fully saturated rings. The Labute approximate surface area is 127 Å². The molecule has 1 heterocycles. The highest BCUT2D eigenvalue weighted by Crippen LogP contribution is 2.34. The van der Waals surface area contributed by atoms with Crippen molar-refractivity contribution in [2.45, 2.75) is 36.6 Å². The van der Waals surface area contributed by atoms with Gasteiger partial charge in [0.25, 0.3) is 0 Å². The first-order valence-corrected chi connectivity index (χ1v) is 8.15. The Morgan fingerprint density at radius 1 is 1.35 bits per heavy atom. The van der Waals surface area contributed by atoms with Crippen LogP contribution in [0, 0.1) is 18.7 Å². The van der Waals surface area contributed by atoms with Gasteiger partial charge >= 0.3 is 0 Å². The molecule has 0 spiro atoms. The normalized spacial score (nSPS) is 11.2. The summed E-state index contributed by atoms with van der Waals surface area (Å²) in [7, 11) is 0. The van der Waals surface area contributed by atoms with Crippen LogP contribution in [0.3, 0.4) is 0 Å². The van der Waals surface area contributed by atoms with Crippen LogP contribution in [0.15, 0.2) is 27.4 Å². The molecule has 0 aliphatic carbocycles. The van der Waals surface area contributed by atoms with Crippen molar-refractivity contribution in [1.82, 2.24) is 15.5 Å². The Bertz CT molecular complexity index is 569. The molecule has 0 unspecified atom stereocenters.